The summed E-state index contributed by atoms with van der Waals surface area (Å²) in [6, 6.07) is 2.39. The zero-order valence-corrected chi connectivity index (χ0v) is 10.2. The number of hydrogen-bond donors (Lipinski definition) is 1. The van der Waals surface area contributed by atoms with Gasteiger partial charge in [0.15, 0.2) is 0 Å². The van der Waals surface area contributed by atoms with E-state index in [9.17, 15) is 13.2 Å². The molecule has 17 heavy (non-hydrogen) atoms. The van der Waals surface area contributed by atoms with Gasteiger partial charge in [-0.1, -0.05) is 20.8 Å². The molecule has 0 unspecified atom stereocenters. The molecule has 0 saturated carbocycles. The molecule has 96 valence electrons. The van der Waals surface area contributed by atoms with Gasteiger partial charge in [-0.05, 0) is 24.0 Å². The number of aromatic nitrogens is 1. The van der Waals surface area contributed by atoms with E-state index in [-0.39, 0.29) is 5.41 Å². The van der Waals surface area contributed by atoms with Gasteiger partial charge in [0.05, 0.1) is 11.9 Å². The normalized spacial score (nSPS) is 12.6. The molecule has 1 aromatic heterocycles. The van der Waals surface area contributed by atoms with Crippen LogP contribution in [0.4, 0.5) is 18.9 Å². The number of halogens is 3. The van der Waals surface area contributed by atoms with E-state index in [4.69, 9.17) is 0 Å². The number of hydrogen-bond acceptors (Lipinski definition) is 2. The van der Waals surface area contributed by atoms with Gasteiger partial charge in [-0.2, -0.15) is 13.2 Å². The summed E-state index contributed by atoms with van der Waals surface area (Å²) in [5, 5.41) is 3.05. The van der Waals surface area contributed by atoms with Gasteiger partial charge in [0.2, 0.25) is 0 Å². The fourth-order valence-corrected chi connectivity index (χ4v) is 1.25. The van der Waals surface area contributed by atoms with Crippen molar-refractivity contribution in [2.45, 2.75) is 33.4 Å². The van der Waals surface area contributed by atoms with Crippen molar-refractivity contribution in [1.82, 2.24) is 4.98 Å². The highest BCUT2D eigenvalue weighted by Crippen LogP contribution is 2.27. The van der Waals surface area contributed by atoms with Crippen LogP contribution in [0.5, 0.6) is 0 Å². The predicted molar refractivity (Wildman–Crippen MR) is 61.8 cm³/mol. The predicted octanol–water partition coefficient (Wildman–Crippen LogP) is 3.95. The summed E-state index contributed by atoms with van der Waals surface area (Å²) < 4.78 is 36.7. The van der Waals surface area contributed by atoms with Crippen LogP contribution < -0.4 is 5.32 Å². The molecule has 0 fully saturated rings. The van der Waals surface area contributed by atoms with E-state index in [0.29, 0.717) is 5.69 Å². The second-order valence-corrected chi connectivity index (χ2v) is 5.17. The quantitative estimate of drug-likeness (QED) is 0.873. The molecular weight excluding hydrogens is 229 g/mol. The van der Waals surface area contributed by atoms with Crippen LogP contribution in [0.3, 0.4) is 0 Å². The van der Waals surface area contributed by atoms with Gasteiger partial charge >= 0.3 is 6.18 Å². The lowest BCUT2D eigenvalue weighted by molar-refractivity contribution is -0.141. The summed E-state index contributed by atoms with van der Waals surface area (Å²) in [6.45, 7) is 7.05. The summed E-state index contributed by atoms with van der Waals surface area (Å²) in [7, 11) is 0. The Morgan fingerprint density at radius 2 is 1.82 bits per heavy atom. The maximum atomic E-state index is 12.2. The van der Waals surface area contributed by atoms with Crippen molar-refractivity contribution in [2.75, 3.05) is 11.9 Å². The number of nitrogens with one attached hydrogen (secondary N) is 1. The number of alkyl halides is 3. The third-order valence-corrected chi connectivity index (χ3v) is 2.26. The molecule has 5 heteroatoms. The van der Waals surface area contributed by atoms with E-state index >= 15 is 0 Å². The average Bonchev–Trinajstić information content (AvgIpc) is 2.15. The summed E-state index contributed by atoms with van der Waals surface area (Å²) in [4.78, 5) is 3.38. The largest absolute Gasteiger partial charge is 0.433 e. The summed E-state index contributed by atoms with van der Waals surface area (Å²) in [5.74, 6) is 0. The van der Waals surface area contributed by atoms with Gasteiger partial charge in [0.25, 0.3) is 0 Å². The first-order valence-electron chi connectivity index (χ1n) is 5.46. The molecule has 1 rings (SSSR count). The minimum atomic E-state index is -4.37. The van der Waals surface area contributed by atoms with E-state index in [1.54, 1.807) is 0 Å². The molecule has 0 aliphatic rings. The van der Waals surface area contributed by atoms with Gasteiger partial charge in [-0.3, -0.25) is 0 Å². The molecule has 2 nitrogen and oxygen atoms in total. The van der Waals surface area contributed by atoms with Crippen LogP contribution in [0.25, 0.3) is 0 Å². The van der Waals surface area contributed by atoms with E-state index < -0.39 is 11.9 Å². The van der Waals surface area contributed by atoms with Gasteiger partial charge in [0.1, 0.15) is 5.69 Å². The molecule has 0 bridgehead atoms. The molecule has 0 aliphatic carbocycles. The second-order valence-electron chi connectivity index (χ2n) is 5.17. The standard InChI is InChI=1S/C12H17F3N2/c1-11(2,3)6-7-16-9-4-5-10(17-8-9)12(13,14)15/h4-5,8,16H,6-7H2,1-3H3. The van der Waals surface area contributed by atoms with Crippen molar-refractivity contribution in [3.05, 3.63) is 24.0 Å². The molecule has 0 saturated heterocycles. The highest BCUT2D eigenvalue weighted by atomic mass is 19.4. The molecule has 0 aliphatic heterocycles. The van der Waals surface area contributed by atoms with Gasteiger partial charge in [-0.15, -0.1) is 0 Å². The van der Waals surface area contributed by atoms with Crippen molar-refractivity contribution in [2.24, 2.45) is 5.41 Å². The van der Waals surface area contributed by atoms with E-state index in [2.05, 4.69) is 31.1 Å². The minimum Gasteiger partial charge on any atom is -0.384 e. The minimum absolute atomic E-state index is 0.201. The van der Waals surface area contributed by atoms with E-state index in [1.165, 1.54) is 12.3 Å². The topological polar surface area (TPSA) is 24.9 Å². The lowest BCUT2D eigenvalue weighted by atomic mass is 9.92. The number of rotatable bonds is 3. The number of pyridine rings is 1. The van der Waals surface area contributed by atoms with Crippen LogP contribution in [0.1, 0.15) is 32.9 Å². The summed E-state index contributed by atoms with van der Waals surface area (Å²) in [5.41, 5.74) is -0.0482. The molecular formula is C12H17F3N2. The van der Waals surface area contributed by atoms with Crippen LogP contribution in [0, 0.1) is 5.41 Å². The number of anilines is 1. The Labute approximate surface area is 99.3 Å². The highest BCUT2D eigenvalue weighted by molar-refractivity contribution is 5.41. The van der Waals surface area contributed by atoms with E-state index in [1.807, 2.05) is 0 Å². The van der Waals surface area contributed by atoms with Gasteiger partial charge < -0.3 is 5.32 Å². The monoisotopic (exact) mass is 246 g/mol. The first-order valence-corrected chi connectivity index (χ1v) is 5.46. The zero-order valence-electron chi connectivity index (χ0n) is 10.2. The molecule has 1 N–H and O–H groups in total. The maximum absolute atomic E-state index is 12.2. The van der Waals surface area contributed by atoms with Crippen molar-refractivity contribution < 1.29 is 13.2 Å². The Kier molecular flexibility index (Phi) is 4.01. The first kappa shape index (κ1) is 13.8. The second kappa shape index (κ2) is 4.94. The summed E-state index contributed by atoms with van der Waals surface area (Å²) in [6.07, 6.45) is -2.22. The van der Waals surface area contributed by atoms with Crippen LogP contribution in [0.15, 0.2) is 18.3 Å². The molecule has 0 radical (unpaired) electrons. The molecule has 0 atom stereocenters. The average molecular weight is 246 g/mol. The lowest BCUT2D eigenvalue weighted by Crippen LogP contribution is -2.13. The molecule has 0 aromatic carbocycles. The Hall–Kier alpha value is -1.26. The fourth-order valence-electron chi connectivity index (χ4n) is 1.25. The van der Waals surface area contributed by atoms with Crippen LogP contribution in [-0.4, -0.2) is 11.5 Å². The third kappa shape index (κ3) is 5.06. The molecule has 0 amide bonds. The van der Waals surface area contributed by atoms with Crippen molar-refractivity contribution in [1.29, 1.82) is 0 Å². The maximum Gasteiger partial charge on any atom is 0.433 e. The van der Waals surface area contributed by atoms with E-state index in [0.717, 1.165) is 19.0 Å². The Bertz CT molecular complexity index is 349. The smallest absolute Gasteiger partial charge is 0.384 e. The summed E-state index contributed by atoms with van der Waals surface area (Å²) >= 11 is 0. The Morgan fingerprint density at radius 3 is 2.24 bits per heavy atom. The lowest BCUT2D eigenvalue weighted by Gasteiger charge is -2.18. The van der Waals surface area contributed by atoms with Crippen molar-refractivity contribution >= 4 is 5.69 Å². The molecule has 0 spiro atoms. The highest BCUT2D eigenvalue weighted by Gasteiger charge is 2.31. The Balaban J connectivity index is 2.52. The fraction of sp³-hybridized carbons (Fsp3) is 0.583. The molecule has 1 aromatic rings. The van der Waals surface area contributed by atoms with Crippen LogP contribution in [0.2, 0.25) is 0 Å². The van der Waals surface area contributed by atoms with Crippen molar-refractivity contribution in [3.63, 3.8) is 0 Å². The van der Waals surface area contributed by atoms with Crippen LogP contribution in [-0.2, 0) is 6.18 Å². The van der Waals surface area contributed by atoms with Crippen molar-refractivity contribution in [3.8, 4) is 0 Å². The third-order valence-electron chi connectivity index (χ3n) is 2.26. The SMILES string of the molecule is CC(C)(C)CCNc1ccc(C(F)(F)F)nc1. The van der Waals surface area contributed by atoms with Gasteiger partial charge in [-0.25, -0.2) is 4.98 Å². The zero-order chi connectivity index (χ0) is 13.1. The van der Waals surface area contributed by atoms with Gasteiger partial charge in [0, 0.05) is 6.54 Å². The van der Waals surface area contributed by atoms with Crippen LogP contribution >= 0.6 is 0 Å². The Morgan fingerprint density at radius 1 is 1.18 bits per heavy atom. The molecule has 1 heterocycles. The number of nitrogens with zero attached hydrogens (tertiary/aromatic N) is 1. The first-order chi connectivity index (χ1) is 7.68.